The van der Waals surface area contributed by atoms with Crippen LogP contribution in [0.25, 0.3) is 0 Å². The molecule has 0 saturated carbocycles. The van der Waals surface area contributed by atoms with Gasteiger partial charge in [0.15, 0.2) is 11.5 Å². The van der Waals surface area contributed by atoms with Gasteiger partial charge in [0.2, 0.25) is 0 Å². The van der Waals surface area contributed by atoms with Gasteiger partial charge in [0, 0.05) is 20.3 Å². The minimum atomic E-state index is 0.645. The number of hydrogen-bond acceptors (Lipinski definition) is 4. The molecule has 0 unspecified atom stereocenters. The van der Waals surface area contributed by atoms with Gasteiger partial charge in [-0.15, -0.1) is 0 Å². The molecule has 0 atom stereocenters. The lowest BCUT2D eigenvalue weighted by molar-refractivity contribution is 0.194. The normalized spacial score (nSPS) is 10.9. The van der Waals surface area contributed by atoms with Crippen LogP contribution in [0.4, 0.5) is 0 Å². The molecule has 0 radical (unpaired) electrons. The van der Waals surface area contributed by atoms with Crippen LogP contribution in [0.3, 0.4) is 0 Å². The summed E-state index contributed by atoms with van der Waals surface area (Å²) in [5, 5.41) is 3.39. The first kappa shape index (κ1) is 17.8. The molecule has 4 heteroatoms. The van der Waals surface area contributed by atoms with Gasteiger partial charge in [-0.2, -0.15) is 0 Å². The summed E-state index contributed by atoms with van der Waals surface area (Å²) in [6, 6.07) is 6.11. The smallest absolute Gasteiger partial charge is 0.161 e. The zero-order chi connectivity index (χ0) is 15.5. The first-order valence-corrected chi connectivity index (χ1v) is 7.66. The second kappa shape index (κ2) is 10.5. The number of rotatable bonds is 11. The number of nitrogens with one attached hydrogen (secondary N) is 1. The third-order valence-corrected chi connectivity index (χ3v) is 3.21. The van der Waals surface area contributed by atoms with Gasteiger partial charge in [-0.1, -0.05) is 19.9 Å². The fraction of sp³-hybridized carbons (Fsp3) is 0.647. The summed E-state index contributed by atoms with van der Waals surface area (Å²) >= 11 is 0. The van der Waals surface area contributed by atoms with Crippen molar-refractivity contribution in [3.63, 3.8) is 0 Å². The fourth-order valence-corrected chi connectivity index (χ4v) is 1.92. The highest BCUT2D eigenvalue weighted by Crippen LogP contribution is 2.28. The number of ether oxygens (including phenoxy) is 3. The van der Waals surface area contributed by atoms with Gasteiger partial charge in [0.25, 0.3) is 0 Å². The largest absolute Gasteiger partial charge is 0.493 e. The summed E-state index contributed by atoms with van der Waals surface area (Å²) in [5.41, 5.74) is 1.19. The van der Waals surface area contributed by atoms with E-state index in [2.05, 4.69) is 25.2 Å². The maximum Gasteiger partial charge on any atom is 0.161 e. The molecule has 0 spiro atoms. The first-order chi connectivity index (χ1) is 10.2. The van der Waals surface area contributed by atoms with Crippen LogP contribution < -0.4 is 14.8 Å². The molecule has 0 aliphatic carbocycles. The summed E-state index contributed by atoms with van der Waals surface area (Å²) in [6.07, 6.45) is 2.07. The molecule has 21 heavy (non-hydrogen) atoms. The van der Waals surface area contributed by atoms with E-state index < -0.39 is 0 Å². The van der Waals surface area contributed by atoms with Crippen LogP contribution in [0, 0.1) is 5.92 Å². The van der Waals surface area contributed by atoms with Crippen LogP contribution in [0.5, 0.6) is 11.5 Å². The maximum absolute atomic E-state index is 5.79. The molecule has 1 N–H and O–H groups in total. The van der Waals surface area contributed by atoms with E-state index in [0.717, 1.165) is 50.6 Å². The van der Waals surface area contributed by atoms with Gasteiger partial charge < -0.3 is 19.5 Å². The Hall–Kier alpha value is -1.26. The average Bonchev–Trinajstić information content (AvgIpc) is 2.47. The molecule has 1 aromatic rings. The van der Waals surface area contributed by atoms with Gasteiger partial charge >= 0.3 is 0 Å². The van der Waals surface area contributed by atoms with E-state index in [-0.39, 0.29) is 0 Å². The van der Waals surface area contributed by atoms with E-state index in [1.165, 1.54) is 5.56 Å². The van der Waals surface area contributed by atoms with Crippen LogP contribution in [0.15, 0.2) is 18.2 Å². The number of hydrogen-bond donors (Lipinski definition) is 1. The van der Waals surface area contributed by atoms with Crippen LogP contribution in [-0.4, -0.2) is 34.0 Å². The lowest BCUT2D eigenvalue weighted by atomic mass is 10.1. The number of methoxy groups -OCH3 is 2. The summed E-state index contributed by atoms with van der Waals surface area (Å²) in [7, 11) is 3.41. The molecule has 0 aliphatic rings. The zero-order valence-corrected chi connectivity index (χ0v) is 13.8. The van der Waals surface area contributed by atoms with Gasteiger partial charge in [-0.25, -0.2) is 0 Å². The van der Waals surface area contributed by atoms with Crippen LogP contribution >= 0.6 is 0 Å². The van der Waals surface area contributed by atoms with Crippen molar-refractivity contribution in [3.8, 4) is 11.5 Å². The summed E-state index contributed by atoms with van der Waals surface area (Å²) in [5.74, 6) is 2.27. The Labute approximate surface area is 128 Å². The Bertz CT molecular complexity index is 394. The molecule has 0 saturated heterocycles. The molecular weight excluding hydrogens is 266 g/mol. The molecule has 0 bridgehead atoms. The lowest BCUT2D eigenvalue weighted by Crippen LogP contribution is -2.16. The van der Waals surface area contributed by atoms with E-state index in [0.29, 0.717) is 5.92 Å². The van der Waals surface area contributed by atoms with Crippen LogP contribution in [0.1, 0.15) is 32.3 Å². The second-order valence-electron chi connectivity index (χ2n) is 5.54. The highest BCUT2D eigenvalue weighted by molar-refractivity contribution is 5.42. The van der Waals surface area contributed by atoms with Gasteiger partial charge in [-0.05, 0) is 43.0 Å². The van der Waals surface area contributed by atoms with Gasteiger partial charge in [-0.3, -0.25) is 0 Å². The predicted molar refractivity (Wildman–Crippen MR) is 86.1 cm³/mol. The van der Waals surface area contributed by atoms with Crippen molar-refractivity contribution in [3.05, 3.63) is 23.8 Å². The lowest BCUT2D eigenvalue weighted by Gasteiger charge is -2.13. The standard InChI is InChI=1S/C17H29NO3/c1-14(2)8-11-21-16-7-6-15(12-17(16)20-4)13-18-9-5-10-19-3/h6-7,12,14,18H,5,8-11,13H2,1-4H3. The molecule has 0 aromatic heterocycles. The minimum Gasteiger partial charge on any atom is -0.493 e. The molecule has 1 rings (SSSR count). The van der Waals surface area contributed by atoms with E-state index in [1.54, 1.807) is 14.2 Å². The van der Waals surface area contributed by atoms with Crippen molar-refractivity contribution in [2.24, 2.45) is 5.92 Å². The molecule has 1 aromatic carbocycles. The zero-order valence-electron chi connectivity index (χ0n) is 13.8. The van der Waals surface area contributed by atoms with Crippen molar-refractivity contribution < 1.29 is 14.2 Å². The Balaban J connectivity index is 2.45. The van der Waals surface area contributed by atoms with Crippen molar-refractivity contribution in [1.82, 2.24) is 5.32 Å². The van der Waals surface area contributed by atoms with Crippen LogP contribution in [0.2, 0.25) is 0 Å². The molecular formula is C17H29NO3. The van der Waals surface area contributed by atoms with Crippen molar-refractivity contribution in [1.29, 1.82) is 0 Å². The van der Waals surface area contributed by atoms with Gasteiger partial charge in [0.1, 0.15) is 0 Å². The Morgan fingerprint density at radius 3 is 2.57 bits per heavy atom. The Kier molecular flexibility index (Phi) is 8.87. The SMILES string of the molecule is COCCCNCc1ccc(OCCC(C)C)c(OC)c1. The molecule has 0 fully saturated rings. The first-order valence-electron chi connectivity index (χ1n) is 7.66. The summed E-state index contributed by atoms with van der Waals surface area (Å²) < 4.78 is 16.2. The highest BCUT2D eigenvalue weighted by Gasteiger charge is 2.06. The maximum atomic E-state index is 5.79. The molecule has 0 aliphatic heterocycles. The molecule has 120 valence electrons. The topological polar surface area (TPSA) is 39.7 Å². The number of benzene rings is 1. The van der Waals surface area contributed by atoms with Crippen LogP contribution in [-0.2, 0) is 11.3 Å². The third kappa shape index (κ3) is 7.34. The van der Waals surface area contributed by atoms with Crippen molar-refractivity contribution >= 4 is 0 Å². The van der Waals surface area contributed by atoms with E-state index in [4.69, 9.17) is 14.2 Å². The van der Waals surface area contributed by atoms with Crippen molar-refractivity contribution in [2.45, 2.75) is 33.2 Å². The van der Waals surface area contributed by atoms with Crippen molar-refractivity contribution in [2.75, 3.05) is 34.0 Å². The summed E-state index contributed by atoms with van der Waals surface area (Å²) in [6.45, 7) is 7.68. The quantitative estimate of drug-likeness (QED) is 0.636. The van der Waals surface area contributed by atoms with E-state index in [1.807, 2.05) is 12.1 Å². The highest BCUT2D eigenvalue weighted by atomic mass is 16.5. The predicted octanol–water partition coefficient (Wildman–Crippen LogP) is 3.25. The summed E-state index contributed by atoms with van der Waals surface area (Å²) in [4.78, 5) is 0. The molecule has 4 nitrogen and oxygen atoms in total. The average molecular weight is 295 g/mol. The fourth-order valence-electron chi connectivity index (χ4n) is 1.92. The van der Waals surface area contributed by atoms with E-state index in [9.17, 15) is 0 Å². The Morgan fingerprint density at radius 1 is 1.10 bits per heavy atom. The molecule has 0 amide bonds. The monoisotopic (exact) mass is 295 g/mol. The minimum absolute atomic E-state index is 0.645. The van der Waals surface area contributed by atoms with E-state index >= 15 is 0 Å². The third-order valence-electron chi connectivity index (χ3n) is 3.21. The van der Waals surface area contributed by atoms with Gasteiger partial charge in [0.05, 0.1) is 13.7 Å². The Morgan fingerprint density at radius 2 is 1.90 bits per heavy atom. The second-order valence-corrected chi connectivity index (χ2v) is 5.54. The molecule has 0 heterocycles.